The maximum absolute atomic E-state index is 8.89. The molecule has 0 saturated heterocycles. The van der Waals surface area contributed by atoms with Crippen LogP contribution in [0.5, 0.6) is 0 Å². The van der Waals surface area contributed by atoms with Crippen molar-refractivity contribution in [2.45, 2.75) is 6.92 Å². The molecule has 0 aliphatic rings. The molecule has 0 amide bonds. The van der Waals surface area contributed by atoms with Crippen LogP contribution in [0.15, 0.2) is 48.7 Å². The van der Waals surface area contributed by atoms with E-state index in [0.717, 1.165) is 18.1 Å². The number of para-hydroxylation sites is 1. The van der Waals surface area contributed by atoms with E-state index in [2.05, 4.69) is 22.9 Å². The van der Waals surface area contributed by atoms with Gasteiger partial charge in [0.25, 0.3) is 0 Å². The van der Waals surface area contributed by atoms with Crippen molar-refractivity contribution in [3.05, 3.63) is 54.2 Å². The third-order valence-corrected chi connectivity index (χ3v) is 2.54. The van der Waals surface area contributed by atoms with Crippen LogP contribution in [0.4, 0.5) is 11.5 Å². The first-order valence-electron chi connectivity index (χ1n) is 5.54. The lowest BCUT2D eigenvalue weighted by molar-refractivity contribution is 0.989. The molecule has 0 saturated carbocycles. The lowest BCUT2D eigenvalue weighted by atomic mass is 10.2. The molecule has 3 heteroatoms. The molecule has 0 fully saturated rings. The van der Waals surface area contributed by atoms with Gasteiger partial charge in [0, 0.05) is 18.4 Å². The van der Waals surface area contributed by atoms with Gasteiger partial charge in [-0.1, -0.05) is 18.2 Å². The van der Waals surface area contributed by atoms with E-state index in [0.29, 0.717) is 5.56 Å². The van der Waals surface area contributed by atoms with E-state index in [4.69, 9.17) is 5.26 Å². The molecular weight excluding hydrogens is 210 g/mol. The Labute approximate surface area is 101 Å². The van der Waals surface area contributed by atoms with E-state index in [1.54, 1.807) is 18.3 Å². The molecule has 17 heavy (non-hydrogen) atoms. The Morgan fingerprint density at radius 3 is 2.65 bits per heavy atom. The molecule has 2 aromatic rings. The molecule has 2 rings (SSSR count). The summed E-state index contributed by atoms with van der Waals surface area (Å²) in [5.74, 6) is 0.803. The van der Waals surface area contributed by atoms with Gasteiger partial charge in [-0.3, -0.25) is 0 Å². The first kappa shape index (κ1) is 11.2. The molecule has 0 aliphatic carbocycles. The average Bonchev–Trinajstić information content (AvgIpc) is 2.41. The predicted molar refractivity (Wildman–Crippen MR) is 68.1 cm³/mol. The maximum atomic E-state index is 8.89. The molecule has 3 nitrogen and oxygen atoms in total. The summed E-state index contributed by atoms with van der Waals surface area (Å²) in [6.07, 6.45) is 1.67. The number of hydrogen-bond donors (Lipinski definition) is 0. The van der Waals surface area contributed by atoms with E-state index < -0.39 is 0 Å². The van der Waals surface area contributed by atoms with Crippen LogP contribution in [-0.4, -0.2) is 11.5 Å². The van der Waals surface area contributed by atoms with Crippen LogP contribution >= 0.6 is 0 Å². The zero-order valence-corrected chi connectivity index (χ0v) is 9.67. The number of aromatic nitrogens is 1. The smallest absolute Gasteiger partial charge is 0.134 e. The van der Waals surface area contributed by atoms with Gasteiger partial charge in [0.15, 0.2) is 0 Å². The quantitative estimate of drug-likeness (QED) is 0.802. The Balaban J connectivity index is 2.39. The lowest BCUT2D eigenvalue weighted by Crippen LogP contribution is -2.17. The minimum Gasteiger partial charge on any atom is -0.327 e. The third-order valence-electron chi connectivity index (χ3n) is 2.54. The largest absolute Gasteiger partial charge is 0.327 e. The van der Waals surface area contributed by atoms with Crippen LogP contribution < -0.4 is 4.90 Å². The summed E-state index contributed by atoms with van der Waals surface area (Å²) in [5, 5.41) is 8.89. The van der Waals surface area contributed by atoms with Gasteiger partial charge in [0.2, 0.25) is 0 Å². The van der Waals surface area contributed by atoms with Crippen LogP contribution in [0.1, 0.15) is 12.5 Å². The van der Waals surface area contributed by atoms with E-state index >= 15 is 0 Å². The normalized spacial score (nSPS) is 9.65. The van der Waals surface area contributed by atoms with Crippen molar-refractivity contribution in [3.63, 3.8) is 0 Å². The van der Waals surface area contributed by atoms with Crippen LogP contribution in [-0.2, 0) is 0 Å². The van der Waals surface area contributed by atoms with E-state index in [9.17, 15) is 0 Å². The first-order chi connectivity index (χ1) is 8.35. The van der Waals surface area contributed by atoms with Crippen molar-refractivity contribution in [3.8, 4) is 6.07 Å². The van der Waals surface area contributed by atoms with Crippen LogP contribution in [0.2, 0.25) is 0 Å². The molecular formula is C14H13N3. The van der Waals surface area contributed by atoms with Gasteiger partial charge >= 0.3 is 0 Å². The fraction of sp³-hybridized carbons (Fsp3) is 0.143. The third kappa shape index (κ3) is 2.43. The van der Waals surface area contributed by atoms with Crippen LogP contribution in [0.25, 0.3) is 0 Å². The predicted octanol–water partition coefficient (Wildman–Crippen LogP) is 3.11. The Morgan fingerprint density at radius 1 is 1.24 bits per heavy atom. The van der Waals surface area contributed by atoms with Crippen molar-refractivity contribution >= 4 is 11.5 Å². The van der Waals surface area contributed by atoms with E-state index in [-0.39, 0.29) is 0 Å². The highest BCUT2D eigenvalue weighted by Crippen LogP contribution is 2.22. The van der Waals surface area contributed by atoms with Gasteiger partial charge in [-0.2, -0.15) is 5.26 Å². The lowest BCUT2D eigenvalue weighted by Gasteiger charge is -2.21. The highest BCUT2D eigenvalue weighted by Gasteiger charge is 2.08. The summed E-state index contributed by atoms with van der Waals surface area (Å²) < 4.78 is 0. The van der Waals surface area contributed by atoms with Crippen LogP contribution in [0.3, 0.4) is 0 Å². The van der Waals surface area contributed by atoms with E-state index in [1.165, 1.54) is 0 Å². The minimum absolute atomic E-state index is 0.629. The van der Waals surface area contributed by atoms with Gasteiger partial charge in [-0.25, -0.2) is 4.98 Å². The monoisotopic (exact) mass is 223 g/mol. The zero-order chi connectivity index (χ0) is 12.1. The minimum atomic E-state index is 0.629. The molecule has 1 aromatic heterocycles. The summed E-state index contributed by atoms with van der Waals surface area (Å²) in [7, 11) is 0. The maximum Gasteiger partial charge on any atom is 0.134 e. The van der Waals surface area contributed by atoms with Gasteiger partial charge in [-0.05, 0) is 31.2 Å². The van der Waals surface area contributed by atoms with Gasteiger partial charge in [0.05, 0.1) is 11.6 Å². The molecule has 0 aliphatic heterocycles. The number of pyridine rings is 1. The number of benzene rings is 1. The molecule has 0 bridgehead atoms. The number of hydrogen-bond acceptors (Lipinski definition) is 3. The second kappa shape index (κ2) is 5.13. The SMILES string of the molecule is CCN(c1ccccc1)c1cc(C#N)ccn1. The molecule has 0 N–H and O–H groups in total. The highest BCUT2D eigenvalue weighted by atomic mass is 15.2. The fourth-order valence-electron chi connectivity index (χ4n) is 1.72. The topological polar surface area (TPSA) is 39.9 Å². The first-order valence-corrected chi connectivity index (χ1v) is 5.54. The average molecular weight is 223 g/mol. The Hall–Kier alpha value is -2.34. The number of anilines is 2. The van der Waals surface area contributed by atoms with Crippen molar-refractivity contribution in [2.24, 2.45) is 0 Å². The number of nitriles is 1. The van der Waals surface area contributed by atoms with Crippen molar-refractivity contribution in [1.82, 2.24) is 4.98 Å². The standard InChI is InChI=1S/C14H13N3/c1-2-17(13-6-4-3-5-7-13)14-10-12(11-15)8-9-16-14/h3-10H,2H2,1H3. The summed E-state index contributed by atoms with van der Waals surface area (Å²) in [6.45, 7) is 2.87. The van der Waals surface area contributed by atoms with Crippen molar-refractivity contribution in [2.75, 3.05) is 11.4 Å². The van der Waals surface area contributed by atoms with Gasteiger partial charge < -0.3 is 4.90 Å². The van der Waals surface area contributed by atoms with Gasteiger partial charge in [-0.15, -0.1) is 0 Å². The summed E-state index contributed by atoms with van der Waals surface area (Å²) >= 11 is 0. The summed E-state index contributed by atoms with van der Waals surface area (Å²) in [4.78, 5) is 6.38. The van der Waals surface area contributed by atoms with Crippen LogP contribution in [0, 0.1) is 11.3 Å². The molecule has 84 valence electrons. The second-order valence-corrected chi connectivity index (χ2v) is 3.59. The Kier molecular flexibility index (Phi) is 3.37. The van der Waals surface area contributed by atoms with Crippen molar-refractivity contribution < 1.29 is 0 Å². The number of nitrogens with zero attached hydrogens (tertiary/aromatic N) is 3. The molecule has 0 unspecified atom stereocenters. The van der Waals surface area contributed by atoms with Crippen molar-refractivity contribution in [1.29, 1.82) is 5.26 Å². The second-order valence-electron chi connectivity index (χ2n) is 3.59. The number of rotatable bonds is 3. The van der Waals surface area contributed by atoms with E-state index in [1.807, 2.05) is 30.3 Å². The summed E-state index contributed by atoms with van der Waals surface area (Å²) in [5.41, 5.74) is 1.71. The Morgan fingerprint density at radius 2 is 2.00 bits per heavy atom. The molecule has 1 heterocycles. The fourth-order valence-corrected chi connectivity index (χ4v) is 1.72. The Bertz CT molecular complexity index is 529. The zero-order valence-electron chi connectivity index (χ0n) is 9.67. The van der Waals surface area contributed by atoms with Gasteiger partial charge in [0.1, 0.15) is 5.82 Å². The molecule has 1 aromatic carbocycles. The molecule has 0 atom stereocenters. The highest BCUT2D eigenvalue weighted by molar-refractivity contribution is 5.60. The molecule has 0 radical (unpaired) electrons. The molecule has 0 spiro atoms. The summed E-state index contributed by atoms with van der Waals surface area (Å²) in [6, 6.07) is 15.7.